The summed E-state index contributed by atoms with van der Waals surface area (Å²) in [5, 5.41) is 0. The van der Waals surface area contributed by atoms with Gasteiger partial charge < -0.3 is 19.6 Å². The summed E-state index contributed by atoms with van der Waals surface area (Å²) in [6, 6.07) is 99.1. The molecular weight excluding hydrogens is 809 g/mol. The molecule has 312 valence electrons. The fraction of sp³-hybridized carbons (Fsp3) is 0. The zero-order valence-electron chi connectivity index (χ0n) is 35.8. The van der Waals surface area contributed by atoms with E-state index in [-0.39, 0.29) is 0 Å². The predicted molar refractivity (Wildman–Crippen MR) is 276 cm³/mol. The molecule has 10 rings (SSSR count). The molecule has 65 heavy (non-hydrogen) atoms. The van der Waals surface area contributed by atoms with Crippen molar-refractivity contribution in [3.63, 3.8) is 0 Å². The van der Waals surface area contributed by atoms with E-state index < -0.39 is 0 Å². The molecule has 0 aliphatic rings. The molecule has 0 N–H and O–H groups in total. The summed E-state index contributed by atoms with van der Waals surface area (Å²) in [5.41, 5.74) is 12.8. The highest BCUT2D eigenvalue weighted by molar-refractivity contribution is 7.99. The molecule has 0 aliphatic carbocycles. The average Bonchev–Trinajstić information content (AvgIpc) is 3.37. The van der Waals surface area contributed by atoms with Crippen LogP contribution in [0.15, 0.2) is 289 Å². The van der Waals surface area contributed by atoms with Gasteiger partial charge in [0.15, 0.2) is 0 Å². The second-order valence-corrected chi connectivity index (χ2v) is 16.6. The Labute approximate surface area is 386 Å². The number of para-hydroxylation sites is 8. The molecule has 10 aromatic carbocycles. The van der Waals surface area contributed by atoms with E-state index in [0.717, 1.165) is 78.0 Å². The van der Waals surface area contributed by atoms with Gasteiger partial charge in [-0.15, -0.1) is 0 Å². The van der Waals surface area contributed by atoms with Gasteiger partial charge in [0.05, 0.1) is 0 Å². The van der Waals surface area contributed by atoms with Crippen molar-refractivity contribution in [1.82, 2.24) is 0 Å². The third-order valence-electron chi connectivity index (χ3n) is 11.1. The van der Waals surface area contributed by atoms with E-state index in [9.17, 15) is 0 Å². The minimum absolute atomic E-state index is 1.04. The number of nitrogens with zero attached hydrogens (tertiary/aromatic N) is 4. The van der Waals surface area contributed by atoms with Gasteiger partial charge in [0.1, 0.15) is 0 Å². The minimum Gasteiger partial charge on any atom is -0.310 e. The molecule has 10 aromatic rings. The van der Waals surface area contributed by atoms with Crippen LogP contribution in [0.5, 0.6) is 0 Å². The SMILES string of the molecule is c1ccc(N(c2ccccc2)c2cc(Sc3cc(N(c4ccccc4)c4ccccc4)cc(N(c4ccccc4)c4ccccc4)c3)cc(N(c3ccccc3)c3ccccc3)c2)cc1. The highest BCUT2D eigenvalue weighted by atomic mass is 32.2. The van der Waals surface area contributed by atoms with Crippen LogP contribution in [0.25, 0.3) is 0 Å². The second-order valence-electron chi connectivity index (χ2n) is 15.5. The molecule has 0 amide bonds. The van der Waals surface area contributed by atoms with E-state index in [2.05, 4.69) is 299 Å². The van der Waals surface area contributed by atoms with Crippen molar-refractivity contribution in [2.24, 2.45) is 0 Å². The van der Waals surface area contributed by atoms with E-state index in [0.29, 0.717) is 0 Å². The zero-order chi connectivity index (χ0) is 43.6. The summed E-state index contributed by atoms with van der Waals surface area (Å²) in [6.07, 6.45) is 0. The molecule has 0 spiro atoms. The highest BCUT2D eigenvalue weighted by Gasteiger charge is 2.22. The lowest BCUT2D eigenvalue weighted by Crippen LogP contribution is -2.14. The van der Waals surface area contributed by atoms with Crippen LogP contribution in [-0.2, 0) is 0 Å². The Hall–Kier alpha value is -8.25. The molecule has 0 saturated heterocycles. The molecule has 0 fully saturated rings. The van der Waals surface area contributed by atoms with Gasteiger partial charge in [-0.1, -0.05) is 157 Å². The fourth-order valence-electron chi connectivity index (χ4n) is 8.31. The minimum atomic E-state index is 1.04. The molecule has 0 aliphatic heterocycles. The summed E-state index contributed by atoms with van der Waals surface area (Å²) in [4.78, 5) is 11.6. The van der Waals surface area contributed by atoms with E-state index in [1.54, 1.807) is 11.8 Å². The highest BCUT2D eigenvalue weighted by Crippen LogP contribution is 2.47. The zero-order valence-corrected chi connectivity index (χ0v) is 36.6. The Balaban J connectivity index is 1.21. The third kappa shape index (κ3) is 9.28. The Morgan fingerprint density at radius 2 is 0.323 bits per heavy atom. The lowest BCUT2D eigenvalue weighted by molar-refractivity contribution is 1.21. The standard InChI is InChI=1S/C60H46N4S/c1-9-25-47(26-10-1)61(48-27-11-2-12-28-48)55-41-56(62(49-29-13-3-14-30-49)50-31-15-4-16-32-50)44-59(43-55)65-60-45-57(63(51-33-17-5-18-34-51)52-35-19-6-20-36-52)42-58(46-60)64(53-37-21-7-22-38-53)54-39-23-8-24-40-54/h1-46H. The van der Waals surface area contributed by atoms with Crippen LogP contribution in [0.4, 0.5) is 68.2 Å². The molecule has 0 unspecified atom stereocenters. The lowest BCUT2D eigenvalue weighted by Gasteiger charge is -2.31. The monoisotopic (exact) mass is 854 g/mol. The first-order chi connectivity index (χ1) is 32.2. The Kier molecular flexibility index (Phi) is 12.2. The van der Waals surface area contributed by atoms with Crippen molar-refractivity contribution >= 4 is 80.0 Å². The third-order valence-corrected chi connectivity index (χ3v) is 12.1. The van der Waals surface area contributed by atoms with Gasteiger partial charge in [0.25, 0.3) is 0 Å². The average molecular weight is 855 g/mol. The molecule has 0 radical (unpaired) electrons. The van der Waals surface area contributed by atoms with Crippen molar-refractivity contribution < 1.29 is 0 Å². The molecular formula is C60H46N4S. The van der Waals surface area contributed by atoms with Gasteiger partial charge >= 0.3 is 0 Å². The van der Waals surface area contributed by atoms with Crippen LogP contribution < -0.4 is 19.6 Å². The Morgan fingerprint density at radius 1 is 0.169 bits per heavy atom. The first-order valence-electron chi connectivity index (χ1n) is 21.8. The van der Waals surface area contributed by atoms with Crippen LogP contribution in [-0.4, -0.2) is 0 Å². The van der Waals surface area contributed by atoms with Crippen molar-refractivity contribution in [1.29, 1.82) is 0 Å². The maximum atomic E-state index is 2.35. The number of hydrogen-bond donors (Lipinski definition) is 0. The number of hydrogen-bond acceptors (Lipinski definition) is 5. The normalized spacial score (nSPS) is 10.8. The summed E-state index contributed by atoms with van der Waals surface area (Å²) in [6.45, 7) is 0. The Bertz CT molecular complexity index is 2480. The summed E-state index contributed by atoms with van der Waals surface area (Å²) < 4.78 is 0. The van der Waals surface area contributed by atoms with Crippen LogP contribution in [0.3, 0.4) is 0 Å². The van der Waals surface area contributed by atoms with Crippen molar-refractivity contribution in [3.8, 4) is 0 Å². The van der Waals surface area contributed by atoms with Gasteiger partial charge in [-0.25, -0.2) is 0 Å². The lowest BCUT2D eigenvalue weighted by atomic mass is 10.1. The van der Waals surface area contributed by atoms with Crippen LogP contribution in [0, 0.1) is 0 Å². The maximum Gasteiger partial charge on any atom is 0.0493 e. The van der Waals surface area contributed by atoms with Crippen LogP contribution in [0.1, 0.15) is 0 Å². The largest absolute Gasteiger partial charge is 0.310 e. The van der Waals surface area contributed by atoms with Gasteiger partial charge in [-0.3, -0.25) is 0 Å². The molecule has 4 nitrogen and oxygen atoms in total. The molecule has 5 heteroatoms. The van der Waals surface area contributed by atoms with Crippen molar-refractivity contribution in [2.45, 2.75) is 9.79 Å². The smallest absolute Gasteiger partial charge is 0.0493 e. The molecule has 0 heterocycles. The predicted octanol–water partition coefficient (Wildman–Crippen LogP) is 17.7. The van der Waals surface area contributed by atoms with E-state index >= 15 is 0 Å². The topological polar surface area (TPSA) is 13.0 Å². The summed E-state index contributed by atoms with van der Waals surface area (Å²) in [7, 11) is 0. The number of anilines is 12. The van der Waals surface area contributed by atoms with E-state index in [4.69, 9.17) is 0 Å². The molecule has 0 aromatic heterocycles. The summed E-state index contributed by atoms with van der Waals surface area (Å²) >= 11 is 1.77. The first-order valence-corrected chi connectivity index (χ1v) is 22.7. The second kappa shape index (κ2) is 19.4. The van der Waals surface area contributed by atoms with Crippen LogP contribution >= 0.6 is 11.8 Å². The summed E-state index contributed by atoms with van der Waals surface area (Å²) in [5.74, 6) is 0. The van der Waals surface area contributed by atoms with E-state index in [1.165, 1.54) is 0 Å². The number of benzene rings is 10. The van der Waals surface area contributed by atoms with Gasteiger partial charge in [0, 0.05) is 78.0 Å². The quantitative estimate of drug-likeness (QED) is 0.108. The van der Waals surface area contributed by atoms with Gasteiger partial charge in [-0.2, -0.15) is 0 Å². The molecule has 0 bridgehead atoms. The van der Waals surface area contributed by atoms with E-state index in [1.807, 2.05) is 0 Å². The Morgan fingerprint density at radius 3 is 0.477 bits per heavy atom. The van der Waals surface area contributed by atoms with Crippen molar-refractivity contribution in [2.75, 3.05) is 19.6 Å². The van der Waals surface area contributed by atoms with Crippen LogP contribution in [0.2, 0.25) is 0 Å². The maximum absolute atomic E-state index is 2.35. The first kappa shape index (κ1) is 40.8. The van der Waals surface area contributed by atoms with Crippen molar-refractivity contribution in [3.05, 3.63) is 279 Å². The molecule has 0 atom stereocenters. The molecule has 0 saturated carbocycles. The number of rotatable bonds is 14. The fourth-order valence-corrected chi connectivity index (χ4v) is 9.30. The van der Waals surface area contributed by atoms with Gasteiger partial charge in [-0.05, 0) is 133 Å². The van der Waals surface area contributed by atoms with Gasteiger partial charge in [0.2, 0.25) is 0 Å².